The molecule has 0 amide bonds. The summed E-state index contributed by atoms with van der Waals surface area (Å²) < 4.78 is 20.3. The molecule has 0 atom stereocenters. The predicted octanol–water partition coefficient (Wildman–Crippen LogP) is 2.87. The molecule has 9 heteroatoms. The van der Waals surface area contributed by atoms with Gasteiger partial charge in [0.1, 0.15) is 17.3 Å². The SMILES string of the molecule is COCCn1c(N)c(N(Cc2ccccc2)Cc2ccc(F)c(Br)c2)c(=O)[nH]c1=O. The van der Waals surface area contributed by atoms with Crippen LogP contribution in [0.15, 0.2) is 62.6 Å². The fourth-order valence-electron chi connectivity index (χ4n) is 3.16. The van der Waals surface area contributed by atoms with Crippen LogP contribution >= 0.6 is 15.9 Å². The number of methoxy groups -OCH3 is 1. The van der Waals surface area contributed by atoms with Crippen LogP contribution in [0.2, 0.25) is 0 Å². The number of nitrogens with zero attached hydrogens (tertiary/aromatic N) is 2. The summed E-state index contributed by atoms with van der Waals surface area (Å²) in [6.45, 7) is 1.11. The van der Waals surface area contributed by atoms with Gasteiger partial charge < -0.3 is 15.4 Å². The summed E-state index contributed by atoms with van der Waals surface area (Å²) in [4.78, 5) is 29.1. The number of H-pyrrole nitrogens is 1. The molecule has 1 heterocycles. The van der Waals surface area contributed by atoms with Crippen LogP contribution in [-0.2, 0) is 24.4 Å². The van der Waals surface area contributed by atoms with Gasteiger partial charge in [-0.1, -0.05) is 36.4 Å². The number of nitrogens with two attached hydrogens (primary N) is 1. The van der Waals surface area contributed by atoms with E-state index in [9.17, 15) is 14.0 Å². The van der Waals surface area contributed by atoms with Crippen LogP contribution in [0.4, 0.5) is 15.9 Å². The van der Waals surface area contributed by atoms with E-state index < -0.39 is 11.2 Å². The lowest BCUT2D eigenvalue weighted by molar-refractivity contribution is 0.186. The first kappa shape index (κ1) is 21.8. The zero-order valence-electron chi connectivity index (χ0n) is 16.4. The Morgan fingerprint density at radius 2 is 1.83 bits per heavy atom. The van der Waals surface area contributed by atoms with E-state index in [0.29, 0.717) is 11.0 Å². The van der Waals surface area contributed by atoms with Crippen molar-refractivity contribution in [2.75, 3.05) is 24.4 Å². The van der Waals surface area contributed by atoms with Crippen molar-refractivity contribution in [1.29, 1.82) is 0 Å². The van der Waals surface area contributed by atoms with Crippen LogP contribution in [0.3, 0.4) is 0 Å². The molecule has 0 radical (unpaired) electrons. The Morgan fingerprint density at radius 1 is 1.13 bits per heavy atom. The van der Waals surface area contributed by atoms with Gasteiger partial charge in [0, 0.05) is 20.2 Å². The molecule has 0 saturated carbocycles. The number of benzene rings is 2. The molecule has 1 aromatic heterocycles. The van der Waals surface area contributed by atoms with E-state index >= 15 is 0 Å². The van der Waals surface area contributed by atoms with E-state index in [1.807, 2.05) is 30.3 Å². The first-order valence-corrected chi connectivity index (χ1v) is 10.0. The highest BCUT2D eigenvalue weighted by Crippen LogP contribution is 2.24. The summed E-state index contributed by atoms with van der Waals surface area (Å²) in [5.41, 5.74) is 6.99. The van der Waals surface area contributed by atoms with Gasteiger partial charge in [-0.2, -0.15) is 0 Å². The molecule has 0 unspecified atom stereocenters. The van der Waals surface area contributed by atoms with Crippen molar-refractivity contribution in [2.24, 2.45) is 0 Å². The van der Waals surface area contributed by atoms with Gasteiger partial charge in [0.15, 0.2) is 0 Å². The lowest BCUT2D eigenvalue weighted by Gasteiger charge is -2.26. The van der Waals surface area contributed by atoms with E-state index in [4.69, 9.17) is 10.5 Å². The minimum absolute atomic E-state index is 0.0536. The van der Waals surface area contributed by atoms with Gasteiger partial charge in [-0.25, -0.2) is 9.18 Å². The number of ether oxygens (including phenoxy) is 1. The second-order valence-corrected chi connectivity index (χ2v) is 7.58. The number of nitrogen functional groups attached to an aromatic ring is 1. The van der Waals surface area contributed by atoms with E-state index in [1.54, 1.807) is 17.0 Å². The summed E-state index contributed by atoms with van der Waals surface area (Å²) in [6.07, 6.45) is 0. The summed E-state index contributed by atoms with van der Waals surface area (Å²) in [7, 11) is 1.52. The van der Waals surface area contributed by atoms with E-state index in [2.05, 4.69) is 20.9 Å². The quantitative estimate of drug-likeness (QED) is 0.521. The second kappa shape index (κ2) is 9.73. The normalized spacial score (nSPS) is 10.9. The van der Waals surface area contributed by atoms with Gasteiger partial charge in [0.25, 0.3) is 5.56 Å². The Morgan fingerprint density at radius 3 is 2.50 bits per heavy atom. The maximum Gasteiger partial charge on any atom is 0.330 e. The van der Waals surface area contributed by atoms with Crippen molar-refractivity contribution >= 4 is 27.4 Å². The van der Waals surface area contributed by atoms with Gasteiger partial charge in [0.05, 0.1) is 17.6 Å². The molecule has 3 aromatic rings. The fourth-order valence-corrected chi connectivity index (χ4v) is 3.59. The molecular weight excluding hydrogens is 455 g/mol. The molecule has 0 bridgehead atoms. The summed E-state index contributed by atoms with van der Waals surface area (Å²) in [5, 5.41) is 0. The molecule has 3 N–H and O–H groups in total. The average molecular weight is 477 g/mol. The number of nitrogens with one attached hydrogen (secondary N) is 1. The Labute approximate surface area is 181 Å². The number of hydrogen-bond acceptors (Lipinski definition) is 5. The molecule has 0 aliphatic carbocycles. The standard InChI is InChI=1S/C21H22BrFN4O3/c1-30-10-9-27-19(24)18(20(28)25-21(27)29)26(12-14-5-3-2-4-6-14)13-15-7-8-17(23)16(22)11-15/h2-8,11H,9-10,12-13,24H2,1H3,(H,25,28,29). The van der Waals surface area contributed by atoms with Crippen LogP contribution in [0.5, 0.6) is 0 Å². The van der Waals surface area contributed by atoms with Gasteiger partial charge in [-0.3, -0.25) is 14.3 Å². The molecule has 0 spiro atoms. The lowest BCUT2D eigenvalue weighted by Crippen LogP contribution is -2.38. The number of anilines is 2. The Bertz CT molecular complexity index is 1130. The first-order chi connectivity index (χ1) is 14.4. The van der Waals surface area contributed by atoms with Crippen molar-refractivity contribution in [3.63, 3.8) is 0 Å². The van der Waals surface area contributed by atoms with Crippen molar-refractivity contribution in [3.05, 3.63) is 90.8 Å². The second-order valence-electron chi connectivity index (χ2n) is 6.73. The number of halogens is 2. The largest absolute Gasteiger partial charge is 0.383 e. The third-order valence-electron chi connectivity index (χ3n) is 4.62. The van der Waals surface area contributed by atoms with E-state index in [1.165, 1.54) is 17.7 Å². The number of rotatable bonds is 8. The third-order valence-corrected chi connectivity index (χ3v) is 5.23. The van der Waals surface area contributed by atoms with Crippen molar-refractivity contribution in [2.45, 2.75) is 19.6 Å². The predicted molar refractivity (Wildman–Crippen MR) is 118 cm³/mol. The van der Waals surface area contributed by atoms with Crippen LogP contribution in [0.1, 0.15) is 11.1 Å². The summed E-state index contributed by atoms with van der Waals surface area (Å²) in [5.74, 6) is -0.322. The van der Waals surface area contributed by atoms with E-state index in [0.717, 1.165) is 11.1 Å². The zero-order chi connectivity index (χ0) is 21.7. The molecule has 0 fully saturated rings. The smallest absolute Gasteiger partial charge is 0.330 e. The lowest BCUT2D eigenvalue weighted by atomic mass is 10.1. The van der Waals surface area contributed by atoms with Crippen LogP contribution in [0.25, 0.3) is 0 Å². The van der Waals surface area contributed by atoms with E-state index in [-0.39, 0.29) is 37.0 Å². The molecule has 30 heavy (non-hydrogen) atoms. The molecule has 158 valence electrons. The highest BCUT2D eigenvalue weighted by atomic mass is 79.9. The molecule has 3 rings (SSSR count). The Hall–Kier alpha value is -2.91. The monoisotopic (exact) mass is 476 g/mol. The van der Waals surface area contributed by atoms with Gasteiger partial charge >= 0.3 is 5.69 Å². The molecule has 2 aromatic carbocycles. The van der Waals surface area contributed by atoms with Crippen molar-refractivity contribution < 1.29 is 9.13 Å². The molecular formula is C21H22BrFN4O3. The molecule has 0 saturated heterocycles. The van der Waals surface area contributed by atoms with Crippen molar-refractivity contribution in [1.82, 2.24) is 9.55 Å². The van der Waals surface area contributed by atoms with Gasteiger partial charge in [0.2, 0.25) is 0 Å². The summed E-state index contributed by atoms with van der Waals surface area (Å²) in [6, 6.07) is 14.2. The molecule has 0 aliphatic rings. The summed E-state index contributed by atoms with van der Waals surface area (Å²) >= 11 is 3.19. The third kappa shape index (κ3) is 4.98. The number of aromatic amines is 1. The van der Waals surface area contributed by atoms with Crippen LogP contribution < -0.4 is 21.9 Å². The average Bonchev–Trinajstić information content (AvgIpc) is 2.71. The number of hydrogen-bond donors (Lipinski definition) is 2. The fraction of sp³-hybridized carbons (Fsp3) is 0.238. The highest BCUT2D eigenvalue weighted by Gasteiger charge is 2.20. The number of aromatic nitrogens is 2. The first-order valence-electron chi connectivity index (χ1n) is 9.25. The molecule has 7 nitrogen and oxygen atoms in total. The topological polar surface area (TPSA) is 93.3 Å². The minimum atomic E-state index is -0.595. The minimum Gasteiger partial charge on any atom is -0.383 e. The van der Waals surface area contributed by atoms with Gasteiger partial charge in [-0.15, -0.1) is 0 Å². The maximum absolute atomic E-state index is 13.7. The zero-order valence-corrected chi connectivity index (χ0v) is 18.0. The van der Waals surface area contributed by atoms with Crippen molar-refractivity contribution in [3.8, 4) is 0 Å². The maximum atomic E-state index is 13.7. The van der Waals surface area contributed by atoms with Crippen LogP contribution in [0, 0.1) is 5.82 Å². The Kier molecular flexibility index (Phi) is 7.07. The molecule has 0 aliphatic heterocycles. The van der Waals surface area contributed by atoms with Gasteiger partial charge in [-0.05, 0) is 39.2 Å². The van der Waals surface area contributed by atoms with Crippen LogP contribution in [-0.4, -0.2) is 23.3 Å². The highest BCUT2D eigenvalue weighted by molar-refractivity contribution is 9.10. The Balaban J connectivity index is 2.08.